The van der Waals surface area contributed by atoms with Crippen molar-refractivity contribution in [3.63, 3.8) is 0 Å². The molecule has 0 N–H and O–H groups in total. The first-order valence-electron chi connectivity index (χ1n) is 3.75. The summed E-state index contributed by atoms with van der Waals surface area (Å²) in [5.41, 5.74) is -1.45. The molecule has 0 radical (unpaired) electrons. The van der Waals surface area contributed by atoms with Gasteiger partial charge < -0.3 is 24.4 Å². The Labute approximate surface area is 89.7 Å². The predicted molar refractivity (Wildman–Crippen MR) is 43.1 cm³/mol. The number of benzene rings is 1. The predicted octanol–water partition coefficient (Wildman–Crippen LogP) is -2.68. The number of carboxylic acid groups (broad SMARTS) is 2. The number of hydrogen-bond acceptors (Lipinski definition) is 7. The van der Waals surface area contributed by atoms with Gasteiger partial charge in [-0.25, -0.2) is 8.42 Å². The number of carbonyl (C=O) groups is 2. The Balaban J connectivity index is 3.54. The van der Waals surface area contributed by atoms with Crippen molar-refractivity contribution in [3.8, 4) is 0 Å². The first kappa shape index (κ1) is 12.1. The van der Waals surface area contributed by atoms with E-state index < -0.39 is 38.1 Å². The summed E-state index contributed by atoms with van der Waals surface area (Å²) in [7, 11) is -4.95. The largest absolute Gasteiger partial charge is 0.744 e. The van der Waals surface area contributed by atoms with Gasteiger partial charge in [0.2, 0.25) is 0 Å². The second kappa shape index (κ2) is 3.91. The third-order valence-electron chi connectivity index (χ3n) is 1.67. The molecule has 7 nitrogen and oxygen atoms in total. The average Bonchev–Trinajstić information content (AvgIpc) is 2.15. The Morgan fingerprint density at radius 3 is 1.56 bits per heavy atom. The molecule has 1 aromatic carbocycles. The number of carbonyl (C=O) groups excluding carboxylic acids is 2. The standard InChI is InChI=1S/C8H6O7S/c9-7(10)4-1-5(8(11)12)3-6(2-4)16(13,14)15/h1-3H,(H,9,10)(H,11,12)(H,13,14,15)/p-3. The van der Waals surface area contributed by atoms with Crippen LogP contribution in [0.4, 0.5) is 0 Å². The van der Waals surface area contributed by atoms with E-state index in [0.29, 0.717) is 18.2 Å². The highest BCUT2D eigenvalue weighted by Gasteiger charge is 2.07. The fraction of sp³-hybridized carbons (Fsp3) is 0. The topological polar surface area (TPSA) is 137 Å². The number of rotatable bonds is 3. The Morgan fingerprint density at radius 2 is 1.31 bits per heavy atom. The molecule has 0 saturated heterocycles. The Bertz CT molecular complexity index is 525. The van der Waals surface area contributed by atoms with E-state index in [1.54, 1.807) is 0 Å². The number of carboxylic acids is 2. The Kier molecular flexibility index (Phi) is 2.97. The van der Waals surface area contributed by atoms with Gasteiger partial charge in [0.15, 0.2) is 0 Å². The van der Waals surface area contributed by atoms with Crippen LogP contribution in [0.3, 0.4) is 0 Å². The van der Waals surface area contributed by atoms with E-state index in [9.17, 15) is 32.8 Å². The zero-order valence-corrected chi connectivity index (χ0v) is 8.31. The molecule has 0 aliphatic carbocycles. The molecular formula is C8H3O7S-3. The van der Waals surface area contributed by atoms with E-state index in [-0.39, 0.29) is 0 Å². The van der Waals surface area contributed by atoms with Gasteiger partial charge in [0.05, 0.1) is 16.8 Å². The van der Waals surface area contributed by atoms with Gasteiger partial charge in [-0.3, -0.25) is 0 Å². The van der Waals surface area contributed by atoms with E-state index in [0.717, 1.165) is 0 Å². The molecule has 86 valence electrons. The lowest BCUT2D eigenvalue weighted by atomic mass is 10.1. The van der Waals surface area contributed by atoms with Crippen LogP contribution in [0, 0.1) is 0 Å². The van der Waals surface area contributed by atoms with Crippen molar-refractivity contribution in [2.24, 2.45) is 0 Å². The van der Waals surface area contributed by atoms with Crippen LogP contribution in [0.15, 0.2) is 23.1 Å². The molecule has 0 spiro atoms. The van der Waals surface area contributed by atoms with Gasteiger partial charge >= 0.3 is 0 Å². The van der Waals surface area contributed by atoms with Crippen molar-refractivity contribution in [3.05, 3.63) is 29.3 Å². The Hall–Kier alpha value is -1.93. The van der Waals surface area contributed by atoms with E-state index >= 15 is 0 Å². The molecule has 0 atom stereocenters. The van der Waals surface area contributed by atoms with Gasteiger partial charge in [0.25, 0.3) is 0 Å². The second-order valence-electron chi connectivity index (χ2n) is 2.78. The van der Waals surface area contributed by atoms with Crippen LogP contribution in [0.1, 0.15) is 20.7 Å². The molecule has 0 aliphatic rings. The molecule has 0 fully saturated rings. The van der Waals surface area contributed by atoms with Gasteiger partial charge in [0, 0.05) is 0 Å². The summed E-state index contributed by atoms with van der Waals surface area (Å²) in [5.74, 6) is -3.60. The van der Waals surface area contributed by atoms with Gasteiger partial charge in [-0.1, -0.05) is 0 Å². The third kappa shape index (κ3) is 2.55. The van der Waals surface area contributed by atoms with E-state index in [2.05, 4.69) is 0 Å². The normalized spacial score (nSPS) is 11.1. The van der Waals surface area contributed by atoms with E-state index in [1.165, 1.54) is 0 Å². The van der Waals surface area contributed by atoms with Crippen LogP contribution in [-0.2, 0) is 10.1 Å². The summed E-state index contributed by atoms with van der Waals surface area (Å²) in [6.45, 7) is 0. The van der Waals surface area contributed by atoms with Crippen LogP contribution in [0.25, 0.3) is 0 Å². The van der Waals surface area contributed by atoms with Crippen molar-refractivity contribution in [1.82, 2.24) is 0 Å². The zero-order chi connectivity index (χ0) is 12.5. The van der Waals surface area contributed by atoms with Crippen LogP contribution < -0.4 is 10.2 Å². The van der Waals surface area contributed by atoms with Gasteiger partial charge in [-0.05, 0) is 29.3 Å². The fourth-order valence-electron chi connectivity index (χ4n) is 0.979. The average molecular weight is 243 g/mol. The minimum absolute atomic E-state index is 0.518. The molecule has 8 heteroatoms. The summed E-state index contributed by atoms with van der Waals surface area (Å²) >= 11 is 0. The van der Waals surface area contributed by atoms with Gasteiger partial charge in [-0.15, -0.1) is 0 Å². The van der Waals surface area contributed by atoms with Crippen LogP contribution in [-0.4, -0.2) is 24.9 Å². The fourth-order valence-corrected chi connectivity index (χ4v) is 1.52. The molecular weight excluding hydrogens is 240 g/mol. The SMILES string of the molecule is O=C([O-])c1cc(C(=O)[O-])cc(S(=O)(=O)[O-])c1. The van der Waals surface area contributed by atoms with Crippen molar-refractivity contribution in [2.75, 3.05) is 0 Å². The van der Waals surface area contributed by atoms with Crippen molar-refractivity contribution in [1.29, 1.82) is 0 Å². The first-order chi connectivity index (χ1) is 7.21. The minimum atomic E-state index is -4.95. The monoisotopic (exact) mass is 243 g/mol. The summed E-state index contributed by atoms with van der Waals surface area (Å²) in [6.07, 6.45) is 0. The molecule has 1 aromatic rings. The van der Waals surface area contributed by atoms with Crippen molar-refractivity contribution in [2.45, 2.75) is 4.90 Å². The first-order valence-corrected chi connectivity index (χ1v) is 5.16. The quantitative estimate of drug-likeness (QED) is 0.527. The van der Waals surface area contributed by atoms with Crippen LogP contribution in [0.5, 0.6) is 0 Å². The molecule has 0 bridgehead atoms. The molecule has 0 amide bonds. The molecule has 0 unspecified atom stereocenters. The Morgan fingerprint density at radius 1 is 0.938 bits per heavy atom. The van der Waals surface area contributed by atoms with Gasteiger partial charge in [-0.2, -0.15) is 0 Å². The van der Waals surface area contributed by atoms with E-state index in [1.807, 2.05) is 0 Å². The molecule has 0 aromatic heterocycles. The molecule has 0 saturated carbocycles. The maximum Gasteiger partial charge on any atom is 0.124 e. The zero-order valence-electron chi connectivity index (χ0n) is 7.50. The van der Waals surface area contributed by atoms with E-state index in [4.69, 9.17) is 0 Å². The lowest BCUT2D eigenvalue weighted by Gasteiger charge is -2.13. The molecule has 16 heavy (non-hydrogen) atoms. The maximum atomic E-state index is 10.6. The maximum absolute atomic E-state index is 10.6. The van der Waals surface area contributed by atoms with Crippen LogP contribution >= 0.6 is 0 Å². The smallest absolute Gasteiger partial charge is 0.124 e. The summed E-state index contributed by atoms with van der Waals surface area (Å²) in [5, 5.41) is 20.9. The summed E-state index contributed by atoms with van der Waals surface area (Å²) in [4.78, 5) is 19.9. The highest BCUT2D eigenvalue weighted by atomic mass is 32.2. The number of hydrogen-bond donors (Lipinski definition) is 0. The third-order valence-corrected chi connectivity index (χ3v) is 2.48. The minimum Gasteiger partial charge on any atom is -0.744 e. The summed E-state index contributed by atoms with van der Waals surface area (Å²) < 4.78 is 31.8. The highest BCUT2D eigenvalue weighted by Crippen LogP contribution is 2.14. The van der Waals surface area contributed by atoms with Gasteiger partial charge in [0.1, 0.15) is 10.1 Å². The molecule has 0 heterocycles. The highest BCUT2D eigenvalue weighted by molar-refractivity contribution is 7.85. The van der Waals surface area contributed by atoms with Crippen LogP contribution in [0.2, 0.25) is 0 Å². The lowest BCUT2D eigenvalue weighted by Crippen LogP contribution is -2.26. The molecule has 0 aliphatic heterocycles. The number of aromatic carboxylic acids is 2. The lowest BCUT2D eigenvalue weighted by molar-refractivity contribution is -0.255. The van der Waals surface area contributed by atoms with Crippen molar-refractivity contribution >= 4 is 22.1 Å². The second-order valence-corrected chi connectivity index (χ2v) is 4.15. The summed E-state index contributed by atoms with van der Waals surface area (Å²) in [6, 6.07) is 1.67. The van der Waals surface area contributed by atoms with Crippen molar-refractivity contribution < 1.29 is 32.8 Å². The molecule has 1 rings (SSSR count).